The molecule has 88 valence electrons. The molecule has 17 heavy (non-hydrogen) atoms. The lowest BCUT2D eigenvalue weighted by Gasteiger charge is -2.06. The Hall–Kier alpha value is -2.36. The molecule has 0 heterocycles. The zero-order valence-electron chi connectivity index (χ0n) is 9.57. The number of carbonyl (C=O) groups excluding carboxylic acids is 2. The lowest BCUT2D eigenvalue weighted by molar-refractivity contribution is -0.117. The zero-order chi connectivity index (χ0) is 12.7. The van der Waals surface area contributed by atoms with E-state index in [2.05, 4.69) is 17.4 Å². The Bertz CT molecular complexity index is 450. The first-order valence-electron chi connectivity index (χ1n) is 5.12. The molecule has 0 radical (unpaired) electrons. The number of amides is 2. The second kappa shape index (κ2) is 6.27. The molecule has 4 heteroatoms. The van der Waals surface area contributed by atoms with Crippen LogP contribution in [-0.4, -0.2) is 11.8 Å². The van der Waals surface area contributed by atoms with Crippen LogP contribution in [0.4, 0.5) is 0 Å². The van der Waals surface area contributed by atoms with Crippen LogP contribution in [0.2, 0.25) is 0 Å². The molecule has 0 bridgehead atoms. The maximum atomic E-state index is 11.6. The number of carbonyl (C=O) groups is 2. The molecule has 2 N–H and O–H groups in total. The van der Waals surface area contributed by atoms with E-state index in [4.69, 9.17) is 0 Å². The highest BCUT2D eigenvalue weighted by Gasteiger charge is 2.07. The number of nitrogens with one attached hydrogen (secondary N) is 2. The first-order chi connectivity index (χ1) is 8.15. The van der Waals surface area contributed by atoms with Crippen LogP contribution in [-0.2, 0) is 4.79 Å². The maximum Gasteiger partial charge on any atom is 0.269 e. The van der Waals surface area contributed by atoms with Crippen molar-refractivity contribution in [1.29, 1.82) is 0 Å². The minimum Gasteiger partial charge on any atom is -0.267 e. The van der Waals surface area contributed by atoms with E-state index in [1.807, 2.05) is 6.07 Å². The maximum absolute atomic E-state index is 11.6. The van der Waals surface area contributed by atoms with Gasteiger partial charge in [0.05, 0.1) is 0 Å². The average Bonchev–Trinajstić information content (AvgIpc) is 2.36. The standard InChI is InChI=1S/C13H14N2O2/c1-3-7-10(2)12(16)14-15-13(17)11-8-5-4-6-9-11/h3-9H,2H2,1H3,(H,14,16)(H,15,17)/b7-3-. The van der Waals surface area contributed by atoms with Crippen molar-refractivity contribution in [3.8, 4) is 0 Å². The normalized spacial score (nSPS) is 9.94. The molecular weight excluding hydrogens is 216 g/mol. The molecular formula is C13H14N2O2. The van der Waals surface area contributed by atoms with Crippen molar-refractivity contribution >= 4 is 11.8 Å². The van der Waals surface area contributed by atoms with Crippen LogP contribution in [0.5, 0.6) is 0 Å². The Kier molecular flexibility index (Phi) is 4.69. The van der Waals surface area contributed by atoms with Gasteiger partial charge in [-0.25, -0.2) is 0 Å². The minimum atomic E-state index is -0.438. The topological polar surface area (TPSA) is 58.2 Å². The fraction of sp³-hybridized carbons (Fsp3) is 0.0769. The SMILES string of the molecule is C=C(/C=C\C)C(=O)NNC(=O)c1ccccc1. The van der Waals surface area contributed by atoms with Gasteiger partial charge in [0, 0.05) is 11.1 Å². The first kappa shape index (κ1) is 12.7. The molecule has 4 nitrogen and oxygen atoms in total. The second-order valence-corrected chi connectivity index (χ2v) is 3.30. The van der Waals surface area contributed by atoms with Crippen LogP contribution in [0, 0.1) is 0 Å². The van der Waals surface area contributed by atoms with Gasteiger partial charge in [-0.1, -0.05) is 36.9 Å². The van der Waals surface area contributed by atoms with Gasteiger partial charge >= 0.3 is 0 Å². The van der Waals surface area contributed by atoms with Gasteiger partial charge in [-0.15, -0.1) is 0 Å². The Morgan fingerprint density at radius 2 is 1.82 bits per heavy atom. The molecule has 0 atom stereocenters. The number of rotatable bonds is 3. The highest BCUT2D eigenvalue weighted by atomic mass is 16.2. The summed E-state index contributed by atoms with van der Waals surface area (Å²) in [6, 6.07) is 8.61. The summed E-state index contributed by atoms with van der Waals surface area (Å²) < 4.78 is 0. The molecule has 0 aliphatic carbocycles. The molecule has 0 spiro atoms. The van der Waals surface area contributed by atoms with Gasteiger partial charge in [-0.05, 0) is 19.1 Å². The zero-order valence-corrected chi connectivity index (χ0v) is 9.57. The molecule has 0 unspecified atom stereocenters. The predicted molar refractivity (Wildman–Crippen MR) is 66.0 cm³/mol. The second-order valence-electron chi connectivity index (χ2n) is 3.30. The lowest BCUT2D eigenvalue weighted by Crippen LogP contribution is -2.41. The first-order valence-corrected chi connectivity index (χ1v) is 5.12. The molecule has 1 aromatic rings. The molecule has 1 rings (SSSR count). The van der Waals surface area contributed by atoms with E-state index >= 15 is 0 Å². The third kappa shape index (κ3) is 3.95. The summed E-state index contributed by atoms with van der Waals surface area (Å²) in [5.74, 6) is -0.806. The number of hydrazine groups is 1. The Morgan fingerprint density at radius 3 is 2.41 bits per heavy atom. The summed E-state index contributed by atoms with van der Waals surface area (Å²) >= 11 is 0. The molecule has 2 amide bonds. The smallest absolute Gasteiger partial charge is 0.267 e. The quantitative estimate of drug-likeness (QED) is 0.470. The fourth-order valence-corrected chi connectivity index (χ4v) is 1.13. The van der Waals surface area contributed by atoms with Gasteiger partial charge in [0.2, 0.25) is 0 Å². The van der Waals surface area contributed by atoms with Gasteiger partial charge in [-0.2, -0.15) is 0 Å². The van der Waals surface area contributed by atoms with E-state index in [1.165, 1.54) is 0 Å². The Balaban J connectivity index is 2.49. The van der Waals surface area contributed by atoms with E-state index in [0.717, 1.165) is 0 Å². The summed E-state index contributed by atoms with van der Waals surface area (Å²) in [6.45, 7) is 5.32. The monoisotopic (exact) mass is 230 g/mol. The molecule has 0 aliphatic rings. The van der Waals surface area contributed by atoms with E-state index < -0.39 is 5.91 Å². The molecule has 0 saturated heterocycles. The van der Waals surface area contributed by atoms with E-state index in [1.54, 1.807) is 43.3 Å². The highest BCUT2D eigenvalue weighted by molar-refractivity contribution is 5.99. The van der Waals surface area contributed by atoms with Crippen molar-refractivity contribution in [2.75, 3.05) is 0 Å². The summed E-state index contributed by atoms with van der Waals surface area (Å²) in [5.41, 5.74) is 5.34. The van der Waals surface area contributed by atoms with Crippen molar-refractivity contribution in [2.45, 2.75) is 6.92 Å². The van der Waals surface area contributed by atoms with E-state index in [9.17, 15) is 9.59 Å². The average molecular weight is 230 g/mol. The number of hydrogen-bond acceptors (Lipinski definition) is 2. The molecule has 1 aromatic carbocycles. The molecule has 0 fully saturated rings. The number of allylic oxidation sites excluding steroid dienone is 1. The van der Waals surface area contributed by atoms with E-state index in [-0.39, 0.29) is 11.5 Å². The molecule has 0 aliphatic heterocycles. The van der Waals surface area contributed by atoms with Crippen LogP contribution in [0.15, 0.2) is 54.6 Å². The molecule has 0 aromatic heterocycles. The van der Waals surface area contributed by atoms with Gasteiger partial charge in [0.25, 0.3) is 11.8 Å². The van der Waals surface area contributed by atoms with Gasteiger partial charge in [-0.3, -0.25) is 20.4 Å². The van der Waals surface area contributed by atoms with Crippen molar-refractivity contribution in [3.05, 3.63) is 60.2 Å². The fourth-order valence-electron chi connectivity index (χ4n) is 1.13. The van der Waals surface area contributed by atoms with Gasteiger partial charge in [0.1, 0.15) is 0 Å². The Labute approximate surface area is 100.0 Å². The minimum absolute atomic E-state index is 0.279. The third-order valence-electron chi connectivity index (χ3n) is 1.99. The van der Waals surface area contributed by atoms with Crippen LogP contribution in [0.1, 0.15) is 17.3 Å². The molecule has 0 saturated carbocycles. The third-order valence-corrected chi connectivity index (χ3v) is 1.99. The summed E-state index contributed by atoms with van der Waals surface area (Å²) in [6.07, 6.45) is 3.25. The van der Waals surface area contributed by atoms with Gasteiger partial charge < -0.3 is 0 Å². The van der Waals surface area contributed by atoms with E-state index in [0.29, 0.717) is 5.56 Å². The summed E-state index contributed by atoms with van der Waals surface area (Å²) in [7, 11) is 0. The van der Waals surface area contributed by atoms with Crippen molar-refractivity contribution in [1.82, 2.24) is 10.9 Å². The number of benzene rings is 1. The van der Waals surface area contributed by atoms with Crippen molar-refractivity contribution < 1.29 is 9.59 Å². The predicted octanol–water partition coefficient (Wildman–Crippen LogP) is 1.58. The van der Waals surface area contributed by atoms with Crippen molar-refractivity contribution in [2.24, 2.45) is 0 Å². The summed E-state index contributed by atoms with van der Waals surface area (Å²) in [4.78, 5) is 22.9. The van der Waals surface area contributed by atoms with Gasteiger partial charge in [0.15, 0.2) is 0 Å². The van der Waals surface area contributed by atoms with Crippen molar-refractivity contribution in [3.63, 3.8) is 0 Å². The Morgan fingerprint density at radius 1 is 1.18 bits per heavy atom. The highest BCUT2D eigenvalue weighted by Crippen LogP contribution is 1.97. The van der Waals surface area contributed by atoms with Crippen LogP contribution in [0.3, 0.4) is 0 Å². The number of hydrogen-bond donors (Lipinski definition) is 2. The van der Waals surface area contributed by atoms with Crippen LogP contribution >= 0.6 is 0 Å². The van der Waals surface area contributed by atoms with Crippen LogP contribution in [0.25, 0.3) is 0 Å². The lowest BCUT2D eigenvalue weighted by atomic mass is 10.2. The largest absolute Gasteiger partial charge is 0.269 e. The summed E-state index contributed by atoms with van der Waals surface area (Å²) in [5, 5.41) is 0. The van der Waals surface area contributed by atoms with Crippen LogP contribution < -0.4 is 10.9 Å².